The van der Waals surface area contributed by atoms with Crippen molar-refractivity contribution in [3.05, 3.63) is 38.3 Å². The number of hydrogen-bond donors (Lipinski definition) is 2. The highest BCUT2D eigenvalue weighted by Gasteiger charge is 2.26. The zero-order valence-electron chi connectivity index (χ0n) is 12.1. The Morgan fingerprint density at radius 1 is 1.52 bits per heavy atom. The topological polar surface area (TPSA) is 84.2 Å². The number of fused-ring (bicyclic) bond motifs is 1. The minimum absolute atomic E-state index is 0.0691. The van der Waals surface area contributed by atoms with Gasteiger partial charge in [-0.05, 0) is 41.0 Å². The summed E-state index contributed by atoms with van der Waals surface area (Å²) in [5.41, 5.74) is 0.209. The van der Waals surface area contributed by atoms with Crippen molar-refractivity contribution in [2.75, 3.05) is 6.54 Å². The molecule has 1 saturated heterocycles. The number of aliphatic hydroxyl groups excluding tert-OH is 1. The Kier molecular flexibility index (Phi) is 4.82. The number of benzene rings is 1. The predicted molar refractivity (Wildman–Crippen MR) is 90.8 cm³/mol. The molecule has 0 bridgehead atoms. The quantitative estimate of drug-likeness (QED) is 0.812. The number of Topliss-reactive ketones (excluding diaryl/α,β-unsaturated/α-hetero) is 1. The Labute approximate surface area is 145 Å². The minimum atomic E-state index is -0.512. The van der Waals surface area contributed by atoms with E-state index in [0.717, 1.165) is 0 Å². The molecule has 0 aliphatic carbocycles. The molecule has 1 aliphatic rings. The molecule has 1 aliphatic heterocycles. The van der Waals surface area contributed by atoms with Gasteiger partial charge in [0.05, 0.1) is 34.9 Å². The standard InChI is InChI=1S/C15H15BrClN3O3/c16-10-5-12-9(4-11(10)17)15(23)20(7-19-12)6-8(21)3-13-14(22)1-2-18-13/h4-5,7,13-14,18,22H,1-3,6H2/t13-,14+/m1/s1. The lowest BCUT2D eigenvalue weighted by Crippen LogP contribution is -2.34. The Morgan fingerprint density at radius 3 is 3.00 bits per heavy atom. The summed E-state index contributed by atoms with van der Waals surface area (Å²) < 4.78 is 1.93. The lowest BCUT2D eigenvalue weighted by atomic mass is 10.1. The molecule has 2 aromatic rings. The Hall–Kier alpha value is -1.28. The molecule has 2 atom stereocenters. The van der Waals surface area contributed by atoms with Crippen LogP contribution in [-0.4, -0.2) is 39.1 Å². The number of aromatic nitrogens is 2. The van der Waals surface area contributed by atoms with Crippen molar-refractivity contribution < 1.29 is 9.90 Å². The second-order valence-electron chi connectivity index (χ2n) is 5.62. The molecule has 1 aromatic carbocycles. The van der Waals surface area contributed by atoms with E-state index in [1.165, 1.54) is 10.9 Å². The summed E-state index contributed by atoms with van der Waals surface area (Å²) >= 11 is 9.31. The van der Waals surface area contributed by atoms with E-state index < -0.39 is 6.10 Å². The summed E-state index contributed by atoms with van der Waals surface area (Å²) in [6.07, 6.45) is 1.68. The van der Waals surface area contributed by atoms with Crippen molar-refractivity contribution in [3.63, 3.8) is 0 Å². The van der Waals surface area contributed by atoms with Gasteiger partial charge in [-0.1, -0.05) is 11.6 Å². The van der Waals surface area contributed by atoms with Crippen molar-refractivity contribution in [3.8, 4) is 0 Å². The number of aliphatic hydroxyl groups is 1. The molecule has 0 radical (unpaired) electrons. The number of halogens is 2. The fourth-order valence-corrected chi connectivity index (χ4v) is 3.22. The number of carbonyl (C=O) groups is 1. The second-order valence-corrected chi connectivity index (χ2v) is 6.88. The van der Waals surface area contributed by atoms with Gasteiger partial charge in [0.25, 0.3) is 5.56 Å². The van der Waals surface area contributed by atoms with Crippen LogP contribution in [0.15, 0.2) is 27.7 Å². The normalized spacial score (nSPS) is 21.0. The summed E-state index contributed by atoms with van der Waals surface area (Å²) in [6, 6.07) is 2.97. The van der Waals surface area contributed by atoms with Crippen LogP contribution in [0.2, 0.25) is 5.02 Å². The highest BCUT2D eigenvalue weighted by Crippen LogP contribution is 2.25. The number of rotatable bonds is 4. The van der Waals surface area contributed by atoms with E-state index in [1.54, 1.807) is 12.1 Å². The number of hydrogen-bond acceptors (Lipinski definition) is 5. The molecule has 0 spiro atoms. The van der Waals surface area contributed by atoms with Gasteiger partial charge < -0.3 is 10.4 Å². The van der Waals surface area contributed by atoms with Crippen LogP contribution in [0.1, 0.15) is 12.8 Å². The van der Waals surface area contributed by atoms with Gasteiger partial charge in [0.1, 0.15) is 0 Å². The Balaban J connectivity index is 1.83. The van der Waals surface area contributed by atoms with Crippen LogP contribution < -0.4 is 10.9 Å². The predicted octanol–water partition coefficient (Wildman–Crippen LogP) is 1.49. The fraction of sp³-hybridized carbons (Fsp3) is 0.400. The number of nitrogens with zero attached hydrogens (tertiary/aromatic N) is 2. The van der Waals surface area contributed by atoms with Crippen LogP contribution in [0, 0.1) is 0 Å². The number of carbonyl (C=O) groups excluding carboxylic acids is 1. The fourth-order valence-electron chi connectivity index (χ4n) is 2.73. The van der Waals surface area contributed by atoms with Crippen molar-refractivity contribution >= 4 is 44.2 Å². The highest BCUT2D eigenvalue weighted by molar-refractivity contribution is 9.10. The molecule has 6 nitrogen and oxygen atoms in total. The van der Waals surface area contributed by atoms with E-state index in [0.29, 0.717) is 33.4 Å². The molecule has 3 rings (SSSR count). The van der Waals surface area contributed by atoms with Crippen LogP contribution in [0.25, 0.3) is 10.9 Å². The average Bonchev–Trinajstić information content (AvgIpc) is 2.89. The van der Waals surface area contributed by atoms with E-state index in [-0.39, 0.29) is 30.3 Å². The van der Waals surface area contributed by atoms with Gasteiger partial charge in [-0.3, -0.25) is 14.2 Å². The molecule has 8 heteroatoms. The van der Waals surface area contributed by atoms with Crippen LogP contribution in [0.3, 0.4) is 0 Å². The molecule has 23 heavy (non-hydrogen) atoms. The maximum Gasteiger partial charge on any atom is 0.261 e. The molecular formula is C15H15BrClN3O3. The monoisotopic (exact) mass is 399 g/mol. The maximum absolute atomic E-state index is 12.5. The van der Waals surface area contributed by atoms with Gasteiger partial charge in [-0.25, -0.2) is 4.98 Å². The summed E-state index contributed by atoms with van der Waals surface area (Å²) in [4.78, 5) is 28.8. The molecule has 2 heterocycles. The van der Waals surface area contributed by atoms with Crippen LogP contribution in [0.5, 0.6) is 0 Å². The van der Waals surface area contributed by atoms with E-state index in [2.05, 4.69) is 26.2 Å². The van der Waals surface area contributed by atoms with Crippen molar-refractivity contribution in [2.45, 2.75) is 31.5 Å². The van der Waals surface area contributed by atoms with Gasteiger partial charge in [-0.2, -0.15) is 0 Å². The van der Waals surface area contributed by atoms with Crippen LogP contribution >= 0.6 is 27.5 Å². The van der Waals surface area contributed by atoms with Gasteiger partial charge in [-0.15, -0.1) is 0 Å². The summed E-state index contributed by atoms with van der Waals surface area (Å²) in [5, 5.41) is 13.6. The Bertz CT molecular complexity index is 823. The third-order valence-electron chi connectivity index (χ3n) is 3.97. The molecular weight excluding hydrogens is 386 g/mol. The summed E-state index contributed by atoms with van der Waals surface area (Å²) in [6.45, 7) is 0.629. The highest BCUT2D eigenvalue weighted by atomic mass is 79.9. The largest absolute Gasteiger partial charge is 0.391 e. The van der Waals surface area contributed by atoms with Gasteiger partial charge >= 0.3 is 0 Å². The third-order valence-corrected chi connectivity index (χ3v) is 5.17. The van der Waals surface area contributed by atoms with Crippen molar-refractivity contribution in [2.24, 2.45) is 0 Å². The Morgan fingerprint density at radius 2 is 2.30 bits per heavy atom. The average molecular weight is 401 g/mol. The lowest BCUT2D eigenvalue weighted by molar-refractivity contribution is -0.120. The van der Waals surface area contributed by atoms with E-state index in [9.17, 15) is 14.7 Å². The minimum Gasteiger partial charge on any atom is -0.391 e. The number of ketones is 1. The first kappa shape index (κ1) is 16.6. The first-order chi connectivity index (χ1) is 11.0. The van der Waals surface area contributed by atoms with E-state index >= 15 is 0 Å². The smallest absolute Gasteiger partial charge is 0.261 e. The van der Waals surface area contributed by atoms with Gasteiger partial charge in [0.2, 0.25) is 0 Å². The van der Waals surface area contributed by atoms with Gasteiger partial charge in [0.15, 0.2) is 5.78 Å². The first-order valence-corrected chi connectivity index (χ1v) is 8.40. The first-order valence-electron chi connectivity index (χ1n) is 7.23. The SMILES string of the molecule is O=C(C[C@H]1NCC[C@@H]1O)Cn1cnc2cc(Br)c(Cl)cc2c1=O. The van der Waals surface area contributed by atoms with Crippen molar-refractivity contribution in [1.82, 2.24) is 14.9 Å². The molecule has 0 amide bonds. The second kappa shape index (κ2) is 6.68. The van der Waals surface area contributed by atoms with E-state index in [4.69, 9.17) is 11.6 Å². The number of nitrogens with one attached hydrogen (secondary N) is 1. The van der Waals surface area contributed by atoms with E-state index in [1.807, 2.05) is 0 Å². The summed E-state index contributed by atoms with van der Waals surface area (Å²) in [5.74, 6) is -0.130. The molecule has 122 valence electrons. The molecule has 1 fully saturated rings. The van der Waals surface area contributed by atoms with Crippen LogP contribution in [-0.2, 0) is 11.3 Å². The zero-order valence-corrected chi connectivity index (χ0v) is 14.5. The molecule has 1 aromatic heterocycles. The van der Waals surface area contributed by atoms with Gasteiger partial charge in [0, 0.05) is 16.9 Å². The third kappa shape index (κ3) is 3.47. The van der Waals surface area contributed by atoms with Crippen molar-refractivity contribution in [1.29, 1.82) is 0 Å². The molecule has 0 saturated carbocycles. The molecule has 0 unspecified atom stereocenters. The maximum atomic E-state index is 12.5. The zero-order chi connectivity index (χ0) is 16.6. The molecule has 2 N–H and O–H groups in total. The summed E-state index contributed by atoms with van der Waals surface area (Å²) in [7, 11) is 0. The lowest BCUT2D eigenvalue weighted by Gasteiger charge is -2.14. The van der Waals surface area contributed by atoms with Crippen LogP contribution in [0.4, 0.5) is 0 Å².